The van der Waals surface area contributed by atoms with Gasteiger partial charge in [0.15, 0.2) is 0 Å². The van der Waals surface area contributed by atoms with Crippen molar-refractivity contribution in [3.63, 3.8) is 0 Å². The van der Waals surface area contributed by atoms with Crippen molar-refractivity contribution in [3.05, 3.63) is 17.7 Å². The van der Waals surface area contributed by atoms with Crippen molar-refractivity contribution >= 4 is 6.29 Å². The van der Waals surface area contributed by atoms with Gasteiger partial charge in [-0.1, -0.05) is 6.42 Å². The molecule has 1 aliphatic heterocycles. The van der Waals surface area contributed by atoms with Crippen LogP contribution in [-0.2, 0) is 17.8 Å². The van der Waals surface area contributed by atoms with Gasteiger partial charge in [0, 0.05) is 30.3 Å². The lowest BCUT2D eigenvalue weighted by atomic mass is 9.84. The summed E-state index contributed by atoms with van der Waals surface area (Å²) in [5.74, 6) is 2.20. The highest BCUT2D eigenvalue weighted by Gasteiger charge is 2.28. The largest absolute Gasteiger partial charge is 0.332 e. The summed E-state index contributed by atoms with van der Waals surface area (Å²) < 4.78 is 2.35. The van der Waals surface area contributed by atoms with Crippen LogP contribution >= 0.6 is 0 Å². The zero-order chi connectivity index (χ0) is 10.3. The molecular formula is C12H16N2O. The second-order valence-electron chi connectivity index (χ2n) is 4.78. The molecule has 0 N–H and O–H groups in total. The summed E-state index contributed by atoms with van der Waals surface area (Å²) in [6.45, 7) is 0.991. The number of carbonyl (C=O) groups excluding carboxylic acids is 1. The molecule has 1 aromatic heterocycles. The average molecular weight is 204 g/mol. The highest BCUT2D eigenvalue weighted by Crippen LogP contribution is 2.37. The van der Waals surface area contributed by atoms with E-state index < -0.39 is 0 Å². The number of carbonyl (C=O) groups is 1. The number of hydrogen-bond donors (Lipinski definition) is 0. The van der Waals surface area contributed by atoms with Crippen LogP contribution in [-0.4, -0.2) is 15.8 Å². The van der Waals surface area contributed by atoms with Crippen LogP contribution in [0.15, 0.2) is 6.20 Å². The van der Waals surface area contributed by atoms with E-state index in [-0.39, 0.29) is 5.92 Å². The lowest BCUT2D eigenvalue weighted by Gasteiger charge is -2.28. The fraction of sp³-hybridized carbons (Fsp3) is 0.667. The van der Waals surface area contributed by atoms with Gasteiger partial charge in [0.25, 0.3) is 0 Å². The zero-order valence-electron chi connectivity index (χ0n) is 8.85. The van der Waals surface area contributed by atoms with E-state index in [2.05, 4.69) is 9.55 Å². The average Bonchev–Trinajstić information content (AvgIpc) is 2.59. The van der Waals surface area contributed by atoms with Crippen LogP contribution in [0, 0.1) is 5.92 Å². The molecule has 1 saturated carbocycles. The van der Waals surface area contributed by atoms with E-state index in [1.807, 2.05) is 6.20 Å². The van der Waals surface area contributed by atoms with Gasteiger partial charge in [0.2, 0.25) is 0 Å². The summed E-state index contributed by atoms with van der Waals surface area (Å²) in [7, 11) is 0. The molecule has 1 aromatic rings. The lowest BCUT2D eigenvalue weighted by molar-refractivity contribution is -0.111. The van der Waals surface area contributed by atoms with Crippen LogP contribution in [0.3, 0.4) is 0 Å². The van der Waals surface area contributed by atoms with Gasteiger partial charge >= 0.3 is 0 Å². The molecule has 15 heavy (non-hydrogen) atoms. The van der Waals surface area contributed by atoms with E-state index in [4.69, 9.17) is 0 Å². The molecule has 1 aliphatic carbocycles. The SMILES string of the molecule is O=CC1CCn2c(cnc2C2CCC2)C1. The molecule has 0 bridgehead atoms. The summed E-state index contributed by atoms with van der Waals surface area (Å²) in [4.78, 5) is 15.3. The fourth-order valence-electron chi connectivity index (χ4n) is 2.62. The molecule has 1 atom stereocenters. The van der Waals surface area contributed by atoms with Crippen molar-refractivity contribution in [2.45, 2.75) is 44.6 Å². The molecule has 0 aromatic carbocycles. The number of fused-ring (bicyclic) bond motifs is 1. The summed E-state index contributed by atoms with van der Waals surface area (Å²) >= 11 is 0. The first-order chi connectivity index (χ1) is 7.38. The van der Waals surface area contributed by atoms with Crippen LogP contribution in [0.5, 0.6) is 0 Å². The van der Waals surface area contributed by atoms with Gasteiger partial charge < -0.3 is 9.36 Å². The van der Waals surface area contributed by atoms with Crippen molar-refractivity contribution in [3.8, 4) is 0 Å². The predicted molar refractivity (Wildman–Crippen MR) is 56.7 cm³/mol. The van der Waals surface area contributed by atoms with E-state index in [1.54, 1.807) is 0 Å². The number of nitrogens with zero attached hydrogens (tertiary/aromatic N) is 2. The molecule has 2 aliphatic rings. The molecule has 80 valence electrons. The normalized spacial score (nSPS) is 25.7. The molecular weight excluding hydrogens is 188 g/mol. The van der Waals surface area contributed by atoms with Crippen LogP contribution in [0.1, 0.15) is 43.1 Å². The Morgan fingerprint density at radius 1 is 1.40 bits per heavy atom. The molecule has 0 radical (unpaired) electrons. The minimum absolute atomic E-state index is 0.225. The molecule has 1 unspecified atom stereocenters. The van der Waals surface area contributed by atoms with Crippen molar-refractivity contribution in [1.29, 1.82) is 0 Å². The van der Waals surface area contributed by atoms with Gasteiger partial charge in [-0.2, -0.15) is 0 Å². The Kier molecular flexibility index (Phi) is 2.11. The van der Waals surface area contributed by atoms with E-state index in [1.165, 1.54) is 30.8 Å². The van der Waals surface area contributed by atoms with E-state index in [9.17, 15) is 4.79 Å². The third kappa shape index (κ3) is 1.41. The highest BCUT2D eigenvalue weighted by atomic mass is 16.1. The molecule has 0 spiro atoms. The van der Waals surface area contributed by atoms with Crippen molar-refractivity contribution in [2.24, 2.45) is 5.92 Å². The smallest absolute Gasteiger partial charge is 0.123 e. The Morgan fingerprint density at radius 2 is 2.27 bits per heavy atom. The van der Waals surface area contributed by atoms with Gasteiger partial charge in [-0.15, -0.1) is 0 Å². The number of imidazole rings is 1. The van der Waals surface area contributed by atoms with Crippen molar-refractivity contribution in [2.75, 3.05) is 0 Å². The van der Waals surface area contributed by atoms with Gasteiger partial charge in [0.05, 0.1) is 0 Å². The van der Waals surface area contributed by atoms with Crippen molar-refractivity contribution < 1.29 is 4.79 Å². The van der Waals surface area contributed by atoms with Crippen LogP contribution in [0.4, 0.5) is 0 Å². The minimum Gasteiger partial charge on any atom is -0.332 e. The van der Waals surface area contributed by atoms with E-state index in [0.717, 1.165) is 25.7 Å². The Morgan fingerprint density at radius 3 is 2.93 bits per heavy atom. The first-order valence-electron chi connectivity index (χ1n) is 5.88. The Hall–Kier alpha value is -1.12. The molecule has 3 nitrogen and oxygen atoms in total. The maximum absolute atomic E-state index is 10.7. The van der Waals surface area contributed by atoms with E-state index >= 15 is 0 Å². The lowest BCUT2D eigenvalue weighted by Crippen LogP contribution is -2.23. The Labute approximate surface area is 89.5 Å². The number of aldehydes is 1. The topological polar surface area (TPSA) is 34.9 Å². The standard InChI is InChI=1S/C12H16N2O/c15-8-9-4-5-14-11(6-9)7-13-12(14)10-2-1-3-10/h7-10H,1-6H2. The second-order valence-corrected chi connectivity index (χ2v) is 4.78. The summed E-state index contributed by atoms with van der Waals surface area (Å²) in [6.07, 6.45) is 8.91. The number of rotatable bonds is 2. The van der Waals surface area contributed by atoms with Crippen LogP contribution in [0.25, 0.3) is 0 Å². The van der Waals surface area contributed by atoms with Crippen LogP contribution in [0.2, 0.25) is 0 Å². The number of hydrogen-bond acceptors (Lipinski definition) is 2. The second kappa shape index (κ2) is 3.47. The summed E-state index contributed by atoms with van der Waals surface area (Å²) in [5.41, 5.74) is 1.26. The molecule has 0 amide bonds. The molecule has 2 heterocycles. The molecule has 3 rings (SSSR count). The van der Waals surface area contributed by atoms with Gasteiger partial charge in [-0.3, -0.25) is 0 Å². The van der Waals surface area contributed by atoms with Crippen molar-refractivity contribution in [1.82, 2.24) is 9.55 Å². The first-order valence-corrected chi connectivity index (χ1v) is 5.88. The van der Waals surface area contributed by atoms with E-state index in [0.29, 0.717) is 5.92 Å². The Balaban J connectivity index is 1.88. The monoisotopic (exact) mass is 204 g/mol. The minimum atomic E-state index is 0.225. The van der Waals surface area contributed by atoms with Gasteiger partial charge in [0.1, 0.15) is 12.1 Å². The third-order valence-electron chi connectivity index (χ3n) is 3.83. The molecule has 3 heteroatoms. The predicted octanol–water partition coefficient (Wildman–Crippen LogP) is 1.91. The van der Waals surface area contributed by atoms with Crippen LogP contribution < -0.4 is 0 Å². The zero-order valence-corrected chi connectivity index (χ0v) is 8.85. The summed E-state index contributed by atoms with van der Waals surface area (Å²) in [5, 5.41) is 0. The number of aromatic nitrogens is 2. The summed E-state index contributed by atoms with van der Waals surface area (Å²) in [6, 6.07) is 0. The van der Waals surface area contributed by atoms with Gasteiger partial charge in [-0.25, -0.2) is 4.98 Å². The quantitative estimate of drug-likeness (QED) is 0.690. The maximum Gasteiger partial charge on any atom is 0.123 e. The maximum atomic E-state index is 10.7. The Bertz CT molecular complexity index is 379. The highest BCUT2D eigenvalue weighted by molar-refractivity contribution is 5.54. The molecule has 0 saturated heterocycles. The third-order valence-corrected chi connectivity index (χ3v) is 3.83. The first kappa shape index (κ1) is 9.13. The fourth-order valence-corrected chi connectivity index (χ4v) is 2.62. The van der Waals surface area contributed by atoms with Gasteiger partial charge in [-0.05, 0) is 25.7 Å². The molecule has 1 fully saturated rings.